The van der Waals surface area contributed by atoms with Gasteiger partial charge in [-0.1, -0.05) is 31.4 Å². The molecule has 0 radical (unpaired) electrons. The van der Waals surface area contributed by atoms with E-state index in [4.69, 9.17) is 4.74 Å². The van der Waals surface area contributed by atoms with E-state index in [2.05, 4.69) is 60.8 Å². The number of likely N-dealkylation sites (N-methyl/N-ethyl adjacent to an activating group) is 2. The summed E-state index contributed by atoms with van der Waals surface area (Å²) in [6, 6.07) is 8.98. The first-order valence-electron chi connectivity index (χ1n) is 11.4. The third-order valence-corrected chi connectivity index (χ3v) is 6.84. The van der Waals surface area contributed by atoms with Crippen molar-refractivity contribution in [2.45, 2.75) is 70.2 Å². The first kappa shape index (κ1) is 22.5. The normalized spacial score (nSPS) is 22.7. The van der Waals surface area contributed by atoms with Crippen molar-refractivity contribution >= 4 is 0 Å². The van der Waals surface area contributed by atoms with Crippen LogP contribution in [0, 0.1) is 0 Å². The summed E-state index contributed by atoms with van der Waals surface area (Å²) in [5.74, 6) is 0.857. The Bertz CT molecular complexity index is 630. The van der Waals surface area contributed by atoms with Gasteiger partial charge in [0.1, 0.15) is 18.5 Å². The van der Waals surface area contributed by atoms with E-state index in [9.17, 15) is 5.11 Å². The van der Waals surface area contributed by atoms with Crippen molar-refractivity contribution in [3.05, 3.63) is 29.8 Å². The second kappa shape index (κ2) is 10.3. The fourth-order valence-electron chi connectivity index (χ4n) is 4.72. The number of hydrogen-bond acceptors (Lipinski definition) is 5. The van der Waals surface area contributed by atoms with Crippen LogP contribution in [0.2, 0.25) is 0 Å². The summed E-state index contributed by atoms with van der Waals surface area (Å²) in [4.78, 5) is 7.28. The summed E-state index contributed by atoms with van der Waals surface area (Å²) < 4.78 is 5.94. The molecule has 0 bridgehead atoms. The number of rotatable bonds is 8. The largest absolute Gasteiger partial charge is 0.491 e. The molecule has 29 heavy (non-hydrogen) atoms. The molecule has 1 aromatic carbocycles. The number of aliphatic hydroxyl groups is 1. The summed E-state index contributed by atoms with van der Waals surface area (Å²) in [6.07, 6.45) is 6.06. The molecule has 1 aliphatic heterocycles. The zero-order valence-electron chi connectivity index (χ0n) is 18.9. The molecule has 0 amide bonds. The molecule has 0 spiro atoms. The molecule has 1 unspecified atom stereocenters. The molecule has 1 aliphatic carbocycles. The third kappa shape index (κ3) is 6.68. The maximum absolute atomic E-state index is 10.4. The molecule has 3 rings (SSSR count). The molecule has 5 nitrogen and oxygen atoms in total. The van der Waals surface area contributed by atoms with Gasteiger partial charge in [-0.2, -0.15) is 0 Å². The van der Waals surface area contributed by atoms with Crippen LogP contribution in [0.3, 0.4) is 0 Å². The zero-order valence-corrected chi connectivity index (χ0v) is 18.9. The van der Waals surface area contributed by atoms with Gasteiger partial charge in [0.25, 0.3) is 0 Å². The molecule has 1 N–H and O–H groups in total. The third-order valence-electron chi connectivity index (χ3n) is 6.84. The van der Waals surface area contributed by atoms with Crippen LogP contribution in [-0.4, -0.2) is 84.4 Å². The molecule has 1 saturated carbocycles. The Kier molecular flexibility index (Phi) is 7.97. The average Bonchev–Trinajstić information content (AvgIpc) is 2.70. The first-order chi connectivity index (χ1) is 13.8. The van der Waals surface area contributed by atoms with Gasteiger partial charge in [0.05, 0.1) is 0 Å². The average molecular weight is 404 g/mol. The second-order valence-electron chi connectivity index (χ2n) is 9.79. The summed E-state index contributed by atoms with van der Waals surface area (Å²) in [7, 11) is 4.35. The molecule has 164 valence electrons. The minimum Gasteiger partial charge on any atom is -0.491 e. The van der Waals surface area contributed by atoms with Crippen LogP contribution in [0.4, 0.5) is 0 Å². The van der Waals surface area contributed by atoms with Crippen LogP contribution in [0.25, 0.3) is 0 Å². The fraction of sp³-hybridized carbons (Fsp3) is 0.750. The number of nitrogens with zero attached hydrogens (tertiary/aromatic N) is 3. The molecule has 1 atom stereocenters. The van der Waals surface area contributed by atoms with Crippen LogP contribution >= 0.6 is 0 Å². The summed E-state index contributed by atoms with van der Waals surface area (Å²) in [5.41, 5.74) is 1.48. The minimum atomic E-state index is -0.455. The van der Waals surface area contributed by atoms with Crippen LogP contribution in [-0.2, 0) is 6.54 Å². The van der Waals surface area contributed by atoms with Crippen molar-refractivity contribution in [3.63, 3.8) is 0 Å². The molecule has 1 heterocycles. The van der Waals surface area contributed by atoms with E-state index in [1.54, 1.807) is 0 Å². The van der Waals surface area contributed by atoms with E-state index < -0.39 is 6.10 Å². The van der Waals surface area contributed by atoms with Gasteiger partial charge in [0, 0.05) is 44.3 Å². The Morgan fingerprint density at radius 1 is 1.21 bits per heavy atom. The molecule has 1 saturated heterocycles. The van der Waals surface area contributed by atoms with E-state index in [1.807, 2.05) is 6.07 Å². The van der Waals surface area contributed by atoms with Gasteiger partial charge in [0.15, 0.2) is 0 Å². The van der Waals surface area contributed by atoms with Crippen molar-refractivity contribution in [2.75, 3.05) is 46.9 Å². The Balaban J connectivity index is 1.45. The van der Waals surface area contributed by atoms with Gasteiger partial charge in [-0.05, 0) is 58.5 Å². The molecule has 1 aromatic rings. The lowest BCUT2D eigenvalue weighted by Gasteiger charge is -2.45. The van der Waals surface area contributed by atoms with Crippen LogP contribution in [0.1, 0.15) is 51.5 Å². The predicted octanol–water partition coefficient (Wildman–Crippen LogP) is 3.22. The Hall–Kier alpha value is -1.14. The highest BCUT2D eigenvalue weighted by molar-refractivity contribution is 5.28. The standard InChI is InChI=1S/C24H41N3O2/c1-24(2)19-27(14-13-26(24)4)16-20-9-8-12-23(15-20)29-18-22(28)17-25(3)21-10-6-5-7-11-21/h8-9,12,15,21-22,28H,5-7,10-11,13-14,16-19H2,1-4H3. The van der Waals surface area contributed by atoms with Crippen molar-refractivity contribution in [2.24, 2.45) is 0 Å². The van der Waals surface area contributed by atoms with Gasteiger partial charge in [-0.25, -0.2) is 0 Å². The lowest BCUT2D eigenvalue weighted by atomic mass is 9.94. The predicted molar refractivity (Wildman–Crippen MR) is 119 cm³/mol. The number of hydrogen-bond donors (Lipinski definition) is 1. The molecule has 2 fully saturated rings. The number of piperazine rings is 1. The quantitative estimate of drug-likeness (QED) is 0.722. The van der Waals surface area contributed by atoms with Gasteiger partial charge >= 0.3 is 0 Å². The topological polar surface area (TPSA) is 39.2 Å². The minimum absolute atomic E-state index is 0.209. The highest BCUT2D eigenvalue weighted by Gasteiger charge is 2.30. The van der Waals surface area contributed by atoms with Crippen molar-refractivity contribution in [3.8, 4) is 5.75 Å². The molecular formula is C24H41N3O2. The molecule has 2 aliphatic rings. The maximum atomic E-state index is 10.4. The van der Waals surface area contributed by atoms with Crippen molar-refractivity contribution in [1.82, 2.24) is 14.7 Å². The van der Waals surface area contributed by atoms with Gasteiger partial charge < -0.3 is 14.7 Å². The lowest BCUT2D eigenvalue weighted by Crippen LogP contribution is -2.57. The summed E-state index contributed by atoms with van der Waals surface area (Å²) in [5, 5.41) is 10.4. The van der Waals surface area contributed by atoms with E-state index in [1.165, 1.54) is 37.7 Å². The first-order valence-corrected chi connectivity index (χ1v) is 11.4. The van der Waals surface area contributed by atoms with E-state index in [-0.39, 0.29) is 5.54 Å². The van der Waals surface area contributed by atoms with Gasteiger partial charge in [0.2, 0.25) is 0 Å². The van der Waals surface area contributed by atoms with E-state index in [0.29, 0.717) is 19.2 Å². The van der Waals surface area contributed by atoms with E-state index >= 15 is 0 Å². The molecule has 0 aromatic heterocycles. The zero-order chi connectivity index (χ0) is 20.9. The van der Waals surface area contributed by atoms with Gasteiger partial charge in [-0.15, -0.1) is 0 Å². The monoisotopic (exact) mass is 403 g/mol. The number of aliphatic hydroxyl groups excluding tert-OH is 1. The Labute approximate surface area is 177 Å². The maximum Gasteiger partial charge on any atom is 0.119 e. The van der Waals surface area contributed by atoms with Crippen LogP contribution < -0.4 is 4.74 Å². The highest BCUT2D eigenvalue weighted by atomic mass is 16.5. The SMILES string of the molecule is CN(CC(O)COc1cccc(CN2CCN(C)C(C)(C)C2)c1)C1CCCCC1. The number of ether oxygens (including phenoxy) is 1. The number of benzene rings is 1. The van der Waals surface area contributed by atoms with Crippen molar-refractivity contribution in [1.29, 1.82) is 0 Å². The van der Waals surface area contributed by atoms with Crippen molar-refractivity contribution < 1.29 is 9.84 Å². The van der Waals surface area contributed by atoms with Gasteiger partial charge in [-0.3, -0.25) is 9.80 Å². The smallest absolute Gasteiger partial charge is 0.119 e. The Morgan fingerprint density at radius 3 is 2.69 bits per heavy atom. The Morgan fingerprint density at radius 2 is 1.97 bits per heavy atom. The van der Waals surface area contributed by atoms with Crippen LogP contribution in [0.5, 0.6) is 5.75 Å². The fourth-order valence-corrected chi connectivity index (χ4v) is 4.72. The summed E-state index contributed by atoms with van der Waals surface area (Å²) in [6.45, 7) is 9.86. The lowest BCUT2D eigenvalue weighted by molar-refractivity contribution is 0.0359. The highest BCUT2D eigenvalue weighted by Crippen LogP contribution is 2.23. The van der Waals surface area contributed by atoms with Crippen LogP contribution in [0.15, 0.2) is 24.3 Å². The second-order valence-corrected chi connectivity index (χ2v) is 9.79. The summed E-state index contributed by atoms with van der Waals surface area (Å²) >= 11 is 0. The molecule has 5 heteroatoms. The van der Waals surface area contributed by atoms with E-state index in [0.717, 1.165) is 31.9 Å². The molecular weight excluding hydrogens is 362 g/mol.